The minimum atomic E-state index is -0.199. The second-order valence-corrected chi connectivity index (χ2v) is 5.04. The monoisotopic (exact) mass is 278 g/mol. The Labute approximate surface area is 117 Å². The van der Waals surface area contributed by atoms with Gasteiger partial charge < -0.3 is 11.1 Å². The average molecular weight is 279 g/mol. The van der Waals surface area contributed by atoms with Crippen molar-refractivity contribution in [3.8, 4) is 0 Å². The van der Waals surface area contributed by atoms with Crippen LogP contribution in [0.15, 0.2) is 36.4 Å². The molecule has 2 nitrogen and oxygen atoms in total. The molecule has 1 unspecified atom stereocenters. The molecule has 2 rings (SSSR count). The number of rotatable bonds is 3. The van der Waals surface area contributed by atoms with Crippen molar-refractivity contribution < 1.29 is 4.39 Å². The molecule has 0 saturated heterocycles. The number of hydrogen-bond donors (Lipinski definition) is 2. The third-order valence-corrected chi connectivity index (χ3v) is 3.32. The predicted octanol–water partition coefficient (Wildman–Crippen LogP) is 4.54. The van der Waals surface area contributed by atoms with Gasteiger partial charge in [-0.25, -0.2) is 4.39 Å². The van der Waals surface area contributed by atoms with Crippen LogP contribution in [0, 0.1) is 12.7 Å². The highest BCUT2D eigenvalue weighted by molar-refractivity contribution is 6.31. The van der Waals surface area contributed by atoms with Crippen LogP contribution >= 0.6 is 11.6 Å². The molecule has 0 aromatic heterocycles. The van der Waals surface area contributed by atoms with Gasteiger partial charge in [0.1, 0.15) is 5.82 Å². The highest BCUT2D eigenvalue weighted by Crippen LogP contribution is 2.27. The Morgan fingerprint density at radius 3 is 2.58 bits per heavy atom. The van der Waals surface area contributed by atoms with Gasteiger partial charge in [0, 0.05) is 11.1 Å². The zero-order chi connectivity index (χ0) is 14.0. The van der Waals surface area contributed by atoms with E-state index >= 15 is 0 Å². The van der Waals surface area contributed by atoms with Crippen molar-refractivity contribution in [2.45, 2.75) is 19.9 Å². The maximum Gasteiger partial charge on any atom is 0.126 e. The number of nitrogens with one attached hydrogen (secondary N) is 1. The van der Waals surface area contributed by atoms with E-state index in [0.717, 1.165) is 11.3 Å². The van der Waals surface area contributed by atoms with Gasteiger partial charge >= 0.3 is 0 Å². The van der Waals surface area contributed by atoms with Gasteiger partial charge in [0.2, 0.25) is 0 Å². The van der Waals surface area contributed by atoms with Gasteiger partial charge in [-0.15, -0.1) is 0 Å². The lowest BCUT2D eigenvalue weighted by Gasteiger charge is -2.17. The SMILES string of the molecule is Cc1ccc(C(C)Nc2ccc(Cl)cc2N)cc1F. The van der Waals surface area contributed by atoms with Crippen LogP contribution in [-0.4, -0.2) is 0 Å². The molecule has 3 N–H and O–H groups in total. The molecule has 100 valence electrons. The number of nitrogens with two attached hydrogens (primary N) is 1. The van der Waals surface area contributed by atoms with Crippen molar-refractivity contribution in [1.82, 2.24) is 0 Å². The molecule has 0 amide bonds. The fourth-order valence-electron chi connectivity index (χ4n) is 1.86. The molecule has 0 saturated carbocycles. The summed E-state index contributed by atoms with van der Waals surface area (Å²) in [6, 6.07) is 10.4. The summed E-state index contributed by atoms with van der Waals surface area (Å²) < 4.78 is 13.5. The predicted molar refractivity (Wildman–Crippen MR) is 79.0 cm³/mol. The van der Waals surface area contributed by atoms with E-state index in [-0.39, 0.29) is 11.9 Å². The van der Waals surface area contributed by atoms with E-state index < -0.39 is 0 Å². The molecule has 19 heavy (non-hydrogen) atoms. The van der Waals surface area contributed by atoms with Crippen LogP contribution in [0.4, 0.5) is 15.8 Å². The van der Waals surface area contributed by atoms with Crippen LogP contribution in [0.3, 0.4) is 0 Å². The number of benzene rings is 2. The van der Waals surface area contributed by atoms with E-state index in [4.69, 9.17) is 17.3 Å². The topological polar surface area (TPSA) is 38.0 Å². The quantitative estimate of drug-likeness (QED) is 0.809. The van der Waals surface area contributed by atoms with Crippen LogP contribution in [0.1, 0.15) is 24.1 Å². The zero-order valence-corrected chi connectivity index (χ0v) is 11.6. The first-order valence-corrected chi connectivity index (χ1v) is 6.43. The fraction of sp³-hybridized carbons (Fsp3) is 0.200. The summed E-state index contributed by atoms with van der Waals surface area (Å²) in [5.74, 6) is -0.199. The zero-order valence-electron chi connectivity index (χ0n) is 10.9. The van der Waals surface area contributed by atoms with Crippen LogP contribution < -0.4 is 11.1 Å². The second kappa shape index (κ2) is 5.49. The van der Waals surface area contributed by atoms with E-state index in [2.05, 4.69) is 5.32 Å². The molecule has 0 spiro atoms. The van der Waals surface area contributed by atoms with Gasteiger partial charge in [0.25, 0.3) is 0 Å². The molecule has 4 heteroatoms. The van der Waals surface area contributed by atoms with Crippen molar-refractivity contribution in [2.24, 2.45) is 0 Å². The second-order valence-electron chi connectivity index (χ2n) is 4.61. The van der Waals surface area contributed by atoms with Crippen molar-refractivity contribution >= 4 is 23.0 Å². The summed E-state index contributed by atoms with van der Waals surface area (Å²) in [4.78, 5) is 0. The highest BCUT2D eigenvalue weighted by Gasteiger charge is 2.09. The first-order valence-electron chi connectivity index (χ1n) is 6.05. The summed E-state index contributed by atoms with van der Waals surface area (Å²) in [6.45, 7) is 3.70. The van der Waals surface area contributed by atoms with Crippen molar-refractivity contribution in [1.29, 1.82) is 0 Å². The highest BCUT2D eigenvalue weighted by atomic mass is 35.5. The maximum atomic E-state index is 13.5. The Morgan fingerprint density at radius 2 is 1.95 bits per heavy atom. The molecule has 0 fully saturated rings. The standard InChI is InChI=1S/C15H16ClFN2/c1-9-3-4-11(7-13(9)17)10(2)19-15-6-5-12(16)8-14(15)18/h3-8,10,19H,18H2,1-2H3. The molecular formula is C15H16ClFN2. The van der Waals surface area contributed by atoms with Crippen LogP contribution in [0.2, 0.25) is 5.02 Å². The Bertz CT molecular complexity index is 599. The van der Waals surface area contributed by atoms with E-state index in [1.807, 2.05) is 19.1 Å². The van der Waals surface area contributed by atoms with Gasteiger partial charge in [-0.2, -0.15) is 0 Å². The first kappa shape index (κ1) is 13.7. The van der Waals surface area contributed by atoms with Crippen molar-refractivity contribution in [3.05, 3.63) is 58.4 Å². The van der Waals surface area contributed by atoms with Gasteiger partial charge in [-0.05, 0) is 49.2 Å². The summed E-state index contributed by atoms with van der Waals surface area (Å²) in [5, 5.41) is 3.84. The van der Waals surface area contributed by atoms with Gasteiger partial charge in [0.15, 0.2) is 0 Å². The Kier molecular flexibility index (Phi) is 3.96. The number of aryl methyl sites for hydroxylation is 1. The molecule has 0 heterocycles. The lowest BCUT2D eigenvalue weighted by Crippen LogP contribution is -2.08. The lowest BCUT2D eigenvalue weighted by atomic mass is 10.1. The minimum Gasteiger partial charge on any atom is -0.397 e. The Morgan fingerprint density at radius 1 is 1.21 bits per heavy atom. The largest absolute Gasteiger partial charge is 0.397 e. The number of anilines is 2. The van der Waals surface area contributed by atoms with E-state index in [1.54, 1.807) is 31.2 Å². The summed E-state index contributed by atoms with van der Waals surface area (Å²) in [6.07, 6.45) is 0. The van der Waals surface area contributed by atoms with Crippen LogP contribution in [0.5, 0.6) is 0 Å². The van der Waals surface area contributed by atoms with Crippen LogP contribution in [0.25, 0.3) is 0 Å². The average Bonchev–Trinajstić information content (AvgIpc) is 2.36. The number of hydrogen-bond acceptors (Lipinski definition) is 2. The molecular weight excluding hydrogens is 263 g/mol. The van der Waals surface area contributed by atoms with Crippen molar-refractivity contribution in [2.75, 3.05) is 11.1 Å². The van der Waals surface area contributed by atoms with E-state index in [0.29, 0.717) is 16.3 Å². The molecule has 0 bridgehead atoms. The van der Waals surface area contributed by atoms with E-state index in [9.17, 15) is 4.39 Å². The Hall–Kier alpha value is -1.74. The smallest absolute Gasteiger partial charge is 0.126 e. The van der Waals surface area contributed by atoms with Gasteiger partial charge in [-0.1, -0.05) is 23.7 Å². The maximum absolute atomic E-state index is 13.5. The normalized spacial score (nSPS) is 12.2. The van der Waals surface area contributed by atoms with Crippen molar-refractivity contribution in [3.63, 3.8) is 0 Å². The van der Waals surface area contributed by atoms with Gasteiger partial charge in [0.05, 0.1) is 11.4 Å². The third-order valence-electron chi connectivity index (χ3n) is 3.08. The third kappa shape index (κ3) is 3.18. The molecule has 1 atom stereocenters. The molecule has 2 aromatic carbocycles. The summed E-state index contributed by atoms with van der Waals surface area (Å²) in [5.41, 5.74) is 8.76. The number of nitrogen functional groups attached to an aromatic ring is 1. The minimum absolute atomic E-state index is 0.0430. The first-order chi connectivity index (χ1) is 8.97. The molecule has 0 aliphatic rings. The number of halogens is 2. The van der Waals surface area contributed by atoms with E-state index in [1.165, 1.54) is 0 Å². The molecule has 0 radical (unpaired) electrons. The molecule has 2 aromatic rings. The molecule has 0 aliphatic heterocycles. The lowest BCUT2D eigenvalue weighted by molar-refractivity contribution is 0.614. The van der Waals surface area contributed by atoms with Gasteiger partial charge in [-0.3, -0.25) is 0 Å². The molecule has 0 aliphatic carbocycles. The Balaban J connectivity index is 2.20. The fourth-order valence-corrected chi connectivity index (χ4v) is 2.04. The summed E-state index contributed by atoms with van der Waals surface area (Å²) in [7, 11) is 0. The van der Waals surface area contributed by atoms with Crippen LogP contribution in [-0.2, 0) is 0 Å². The summed E-state index contributed by atoms with van der Waals surface area (Å²) >= 11 is 5.85.